The number of hydrogen-bond acceptors (Lipinski definition) is 4. The molecule has 2 N–H and O–H groups in total. The molecule has 7 heteroatoms. The van der Waals surface area contributed by atoms with Gasteiger partial charge in [-0.1, -0.05) is 30.3 Å². The van der Waals surface area contributed by atoms with E-state index >= 15 is 0 Å². The molecule has 31 heavy (non-hydrogen) atoms. The number of nitrogens with one attached hydrogen (secondary N) is 2. The summed E-state index contributed by atoms with van der Waals surface area (Å²) >= 11 is 0. The number of rotatable bonds is 8. The van der Waals surface area contributed by atoms with Crippen LogP contribution in [0.1, 0.15) is 39.6 Å². The van der Waals surface area contributed by atoms with E-state index in [9.17, 15) is 19.7 Å². The number of nitro benzene ring substituents is 1. The Kier molecular flexibility index (Phi) is 7.11. The van der Waals surface area contributed by atoms with E-state index in [4.69, 9.17) is 0 Å². The van der Waals surface area contributed by atoms with Gasteiger partial charge in [-0.3, -0.25) is 19.7 Å². The molecule has 0 bridgehead atoms. The molecule has 0 aromatic heterocycles. The lowest BCUT2D eigenvalue weighted by Crippen LogP contribution is -2.32. The molecule has 0 radical (unpaired) electrons. The number of nitrogens with zero attached hydrogens (tertiary/aromatic N) is 1. The van der Waals surface area contributed by atoms with Gasteiger partial charge in [0.15, 0.2) is 0 Å². The number of carbonyl (C=O) groups is 2. The third-order valence-corrected chi connectivity index (χ3v) is 4.83. The maximum Gasteiger partial charge on any atom is 0.269 e. The average Bonchev–Trinajstić information content (AvgIpc) is 2.79. The first-order valence-corrected chi connectivity index (χ1v) is 9.93. The van der Waals surface area contributed by atoms with Crippen LogP contribution in [-0.4, -0.2) is 22.8 Å². The fourth-order valence-electron chi connectivity index (χ4n) is 3.05. The number of carbonyl (C=O) groups excluding carboxylic acids is 2. The molecule has 0 spiro atoms. The SMILES string of the molecule is C[C@@H](CCc1ccccc1)NC(=O)c1ccc(NC(=O)c2ccc([N+](=O)[O-])cc2)cc1. The van der Waals surface area contributed by atoms with Crippen LogP contribution < -0.4 is 10.6 Å². The maximum atomic E-state index is 12.5. The fraction of sp³-hybridized carbons (Fsp3) is 0.167. The van der Waals surface area contributed by atoms with Gasteiger partial charge in [0, 0.05) is 35.0 Å². The van der Waals surface area contributed by atoms with Gasteiger partial charge in [-0.25, -0.2) is 0 Å². The van der Waals surface area contributed by atoms with Crippen LogP contribution in [0.5, 0.6) is 0 Å². The Morgan fingerprint density at radius 1 is 0.871 bits per heavy atom. The summed E-state index contributed by atoms with van der Waals surface area (Å²) in [4.78, 5) is 34.9. The molecule has 3 aromatic rings. The minimum Gasteiger partial charge on any atom is -0.350 e. The zero-order valence-corrected chi connectivity index (χ0v) is 17.1. The summed E-state index contributed by atoms with van der Waals surface area (Å²) in [6, 6.07) is 22.1. The largest absolute Gasteiger partial charge is 0.350 e. The molecule has 3 aromatic carbocycles. The Labute approximate surface area is 180 Å². The van der Waals surface area contributed by atoms with Crippen molar-refractivity contribution in [2.24, 2.45) is 0 Å². The van der Waals surface area contributed by atoms with Gasteiger partial charge in [0.05, 0.1) is 4.92 Å². The summed E-state index contributed by atoms with van der Waals surface area (Å²) in [7, 11) is 0. The first-order chi connectivity index (χ1) is 14.9. The smallest absolute Gasteiger partial charge is 0.269 e. The van der Waals surface area contributed by atoms with Crippen molar-refractivity contribution in [3.8, 4) is 0 Å². The van der Waals surface area contributed by atoms with Gasteiger partial charge in [-0.15, -0.1) is 0 Å². The maximum absolute atomic E-state index is 12.5. The number of non-ortho nitro benzene ring substituents is 1. The zero-order valence-electron chi connectivity index (χ0n) is 17.1. The van der Waals surface area contributed by atoms with Crippen LogP contribution in [0.4, 0.5) is 11.4 Å². The fourth-order valence-corrected chi connectivity index (χ4v) is 3.05. The van der Waals surface area contributed by atoms with E-state index in [1.54, 1.807) is 24.3 Å². The molecular weight excluding hydrogens is 394 g/mol. The van der Waals surface area contributed by atoms with Crippen molar-refractivity contribution in [3.05, 3.63) is 106 Å². The predicted molar refractivity (Wildman–Crippen MR) is 119 cm³/mol. The van der Waals surface area contributed by atoms with E-state index in [1.807, 2.05) is 25.1 Å². The van der Waals surface area contributed by atoms with Crippen LogP contribution in [-0.2, 0) is 6.42 Å². The Balaban J connectivity index is 1.52. The first-order valence-electron chi connectivity index (χ1n) is 9.93. The van der Waals surface area contributed by atoms with Crippen LogP contribution >= 0.6 is 0 Å². The lowest BCUT2D eigenvalue weighted by molar-refractivity contribution is -0.384. The second kappa shape index (κ2) is 10.2. The highest BCUT2D eigenvalue weighted by Crippen LogP contribution is 2.15. The summed E-state index contributed by atoms with van der Waals surface area (Å²) in [5.41, 5.74) is 2.48. The summed E-state index contributed by atoms with van der Waals surface area (Å²) in [6.07, 6.45) is 1.72. The third kappa shape index (κ3) is 6.24. The van der Waals surface area contributed by atoms with Gasteiger partial charge in [-0.05, 0) is 61.7 Å². The lowest BCUT2D eigenvalue weighted by atomic mass is 10.1. The zero-order chi connectivity index (χ0) is 22.2. The van der Waals surface area contributed by atoms with Gasteiger partial charge in [-0.2, -0.15) is 0 Å². The molecule has 0 unspecified atom stereocenters. The van der Waals surface area contributed by atoms with E-state index in [1.165, 1.54) is 29.8 Å². The molecular formula is C24H23N3O4. The molecule has 0 fully saturated rings. The monoisotopic (exact) mass is 417 g/mol. The molecule has 0 aliphatic heterocycles. The Bertz CT molecular complexity index is 1050. The third-order valence-electron chi connectivity index (χ3n) is 4.83. The minimum atomic E-state index is -0.520. The summed E-state index contributed by atoms with van der Waals surface area (Å²) < 4.78 is 0. The Morgan fingerprint density at radius 3 is 2.06 bits per heavy atom. The van der Waals surface area contributed by atoms with Gasteiger partial charge in [0.1, 0.15) is 0 Å². The molecule has 3 rings (SSSR count). The number of hydrogen-bond donors (Lipinski definition) is 2. The van der Waals surface area contributed by atoms with E-state index in [0.717, 1.165) is 12.8 Å². The van der Waals surface area contributed by atoms with Gasteiger partial charge in [0.2, 0.25) is 0 Å². The van der Waals surface area contributed by atoms with E-state index < -0.39 is 4.92 Å². The van der Waals surface area contributed by atoms with Crippen LogP contribution in [0.2, 0.25) is 0 Å². The molecule has 0 heterocycles. The molecule has 0 aliphatic carbocycles. The van der Waals surface area contributed by atoms with Crippen molar-refractivity contribution in [3.63, 3.8) is 0 Å². The summed E-state index contributed by atoms with van der Waals surface area (Å²) in [5.74, 6) is -0.560. The van der Waals surface area contributed by atoms with Crippen LogP contribution in [0.3, 0.4) is 0 Å². The second-order valence-corrected chi connectivity index (χ2v) is 7.23. The summed E-state index contributed by atoms with van der Waals surface area (Å²) in [6.45, 7) is 1.97. The van der Waals surface area contributed by atoms with E-state index in [-0.39, 0.29) is 23.5 Å². The quantitative estimate of drug-likeness (QED) is 0.413. The number of anilines is 1. The van der Waals surface area contributed by atoms with Crippen molar-refractivity contribution in [1.82, 2.24) is 5.32 Å². The topological polar surface area (TPSA) is 101 Å². The van der Waals surface area contributed by atoms with E-state index in [2.05, 4.69) is 22.8 Å². The number of benzene rings is 3. The molecule has 7 nitrogen and oxygen atoms in total. The van der Waals surface area contributed by atoms with Gasteiger partial charge in [0.25, 0.3) is 17.5 Å². The Morgan fingerprint density at radius 2 is 1.45 bits per heavy atom. The second-order valence-electron chi connectivity index (χ2n) is 7.23. The molecule has 2 amide bonds. The molecule has 0 aliphatic rings. The molecule has 1 atom stereocenters. The van der Waals surface area contributed by atoms with Crippen LogP contribution in [0.15, 0.2) is 78.9 Å². The highest BCUT2D eigenvalue weighted by atomic mass is 16.6. The van der Waals surface area contributed by atoms with Gasteiger partial charge >= 0.3 is 0 Å². The standard InChI is InChI=1S/C24H23N3O4/c1-17(7-8-18-5-3-2-4-6-18)25-23(28)19-9-13-21(14-10-19)26-24(29)20-11-15-22(16-12-20)27(30)31/h2-6,9-17H,7-8H2,1H3,(H,25,28)(H,26,29)/t17-/m0/s1. The number of aryl methyl sites for hydroxylation is 1. The Hall–Kier alpha value is -4.00. The van der Waals surface area contributed by atoms with Gasteiger partial charge < -0.3 is 10.6 Å². The van der Waals surface area contributed by atoms with Crippen molar-refractivity contribution in [2.75, 3.05) is 5.32 Å². The molecule has 0 saturated carbocycles. The van der Waals surface area contributed by atoms with E-state index in [0.29, 0.717) is 16.8 Å². The first kappa shape index (κ1) is 21.7. The summed E-state index contributed by atoms with van der Waals surface area (Å²) in [5, 5.41) is 16.4. The highest BCUT2D eigenvalue weighted by molar-refractivity contribution is 6.04. The average molecular weight is 417 g/mol. The molecule has 158 valence electrons. The van der Waals surface area contributed by atoms with Crippen molar-refractivity contribution < 1.29 is 14.5 Å². The highest BCUT2D eigenvalue weighted by Gasteiger charge is 2.12. The molecule has 0 saturated heterocycles. The normalized spacial score (nSPS) is 11.4. The van der Waals surface area contributed by atoms with Crippen molar-refractivity contribution >= 4 is 23.2 Å². The minimum absolute atomic E-state index is 0.0224. The van der Waals surface area contributed by atoms with Crippen molar-refractivity contribution in [1.29, 1.82) is 0 Å². The number of amides is 2. The number of nitro groups is 1. The lowest BCUT2D eigenvalue weighted by Gasteiger charge is -2.14. The predicted octanol–water partition coefficient (Wildman–Crippen LogP) is 4.60. The van der Waals surface area contributed by atoms with Crippen LogP contribution in [0.25, 0.3) is 0 Å². The van der Waals surface area contributed by atoms with Crippen molar-refractivity contribution in [2.45, 2.75) is 25.8 Å². The van der Waals surface area contributed by atoms with Crippen LogP contribution in [0, 0.1) is 10.1 Å².